The van der Waals surface area contributed by atoms with Crippen LogP contribution in [0.5, 0.6) is 0 Å². The van der Waals surface area contributed by atoms with Crippen LogP contribution in [-0.2, 0) is 30.3 Å². The van der Waals surface area contributed by atoms with Gasteiger partial charge < -0.3 is 9.47 Å². The second-order valence-corrected chi connectivity index (χ2v) is 8.91. The van der Waals surface area contributed by atoms with E-state index in [1.54, 1.807) is 56.3 Å². The van der Waals surface area contributed by atoms with Crippen LogP contribution in [0.2, 0.25) is 0 Å². The van der Waals surface area contributed by atoms with Gasteiger partial charge in [0.2, 0.25) is 0 Å². The third-order valence-corrected chi connectivity index (χ3v) is 6.83. The maximum absolute atomic E-state index is 14.3. The number of hydrogen-bond donors (Lipinski definition) is 1. The topological polar surface area (TPSA) is 136 Å². The fraction of sp³-hybridized carbons (Fsp3) is 0.310. The van der Waals surface area contributed by atoms with E-state index in [2.05, 4.69) is 11.2 Å². The number of hydrogen-bond acceptors (Lipinski definition) is 8. The lowest BCUT2D eigenvalue weighted by Gasteiger charge is -2.43. The number of rotatable bonds is 7. The number of esters is 2. The van der Waals surface area contributed by atoms with Crippen LogP contribution in [0.4, 0.5) is 11.4 Å². The molecule has 0 aromatic heterocycles. The van der Waals surface area contributed by atoms with Gasteiger partial charge in [-0.2, -0.15) is 15.4 Å². The number of benzene rings is 2. The molecule has 0 bridgehead atoms. The number of amidine groups is 1. The van der Waals surface area contributed by atoms with Crippen molar-refractivity contribution in [2.24, 2.45) is 16.4 Å². The first-order chi connectivity index (χ1) is 18.8. The van der Waals surface area contributed by atoms with E-state index in [0.717, 1.165) is 17.0 Å². The van der Waals surface area contributed by atoms with Crippen LogP contribution in [0.3, 0.4) is 0 Å². The van der Waals surface area contributed by atoms with Gasteiger partial charge in [0.1, 0.15) is 22.9 Å². The Labute approximate surface area is 226 Å². The lowest BCUT2D eigenvalue weighted by atomic mass is 9.63. The van der Waals surface area contributed by atoms with Crippen LogP contribution < -0.4 is 9.91 Å². The molecule has 2 atom stereocenters. The summed E-state index contributed by atoms with van der Waals surface area (Å²) < 4.78 is 10.7. The highest BCUT2D eigenvalue weighted by atomic mass is 16.5. The lowest BCUT2D eigenvalue weighted by molar-refractivity contribution is -0.144. The minimum absolute atomic E-state index is 0.0276. The predicted octanol–water partition coefficient (Wildman–Crippen LogP) is 3.98. The number of ether oxygens (including phenoxy) is 2. The van der Waals surface area contributed by atoms with Crippen molar-refractivity contribution in [3.05, 3.63) is 71.4 Å². The van der Waals surface area contributed by atoms with Gasteiger partial charge in [-0.05, 0) is 57.0 Å². The van der Waals surface area contributed by atoms with Crippen LogP contribution in [0.15, 0.2) is 71.0 Å². The molecule has 200 valence electrons. The van der Waals surface area contributed by atoms with Crippen molar-refractivity contribution >= 4 is 40.8 Å². The summed E-state index contributed by atoms with van der Waals surface area (Å²) in [7, 11) is 0. The van der Waals surface area contributed by atoms with Gasteiger partial charge in [-0.1, -0.05) is 37.3 Å². The third-order valence-electron chi connectivity index (χ3n) is 6.83. The van der Waals surface area contributed by atoms with Gasteiger partial charge in [0, 0.05) is 5.69 Å². The molecule has 10 nitrogen and oxygen atoms in total. The Morgan fingerprint density at radius 3 is 2.18 bits per heavy atom. The number of carbonyl (C=O) groups excluding carboxylic acids is 3. The molecular weight excluding hydrogens is 498 g/mol. The fourth-order valence-electron chi connectivity index (χ4n) is 5.02. The summed E-state index contributed by atoms with van der Waals surface area (Å²) >= 11 is 0. The number of nitriles is 1. The Balaban J connectivity index is 2.09. The van der Waals surface area contributed by atoms with E-state index in [1.807, 2.05) is 19.1 Å². The van der Waals surface area contributed by atoms with Gasteiger partial charge in [0.15, 0.2) is 0 Å². The number of para-hydroxylation sites is 1. The highest BCUT2D eigenvalue weighted by Crippen LogP contribution is 2.51. The SMILES string of the molecule is CCOC(=O)C1=C(C(=O)OCC)C2(C(=O)N(c3ccccc3)N=C2C)C(C#N)C(=N)N1c1ccc(CC)cc1. The molecule has 1 spiro atoms. The Kier molecular flexibility index (Phi) is 7.63. The first kappa shape index (κ1) is 27.3. The van der Waals surface area contributed by atoms with Crippen molar-refractivity contribution in [3.63, 3.8) is 0 Å². The Morgan fingerprint density at radius 2 is 1.62 bits per heavy atom. The molecule has 39 heavy (non-hydrogen) atoms. The summed E-state index contributed by atoms with van der Waals surface area (Å²) in [6.07, 6.45) is 0.760. The first-order valence-electron chi connectivity index (χ1n) is 12.7. The molecule has 1 N–H and O–H groups in total. The average Bonchev–Trinajstić information content (AvgIpc) is 3.19. The van der Waals surface area contributed by atoms with Gasteiger partial charge in [-0.25, -0.2) is 9.59 Å². The van der Waals surface area contributed by atoms with E-state index in [0.29, 0.717) is 11.4 Å². The Morgan fingerprint density at radius 1 is 1.00 bits per heavy atom. The molecule has 0 radical (unpaired) electrons. The number of amides is 1. The first-order valence-corrected chi connectivity index (χ1v) is 12.7. The minimum Gasteiger partial charge on any atom is -0.463 e. The van der Waals surface area contributed by atoms with Gasteiger partial charge in [-0.15, -0.1) is 0 Å². The van der Waals surface area contributed by atoms with Crippen molar-refractivity contribution in [1.29, 1.82) is 10.7 Å². The summed E-state index contributed by atoms with van der Waals surface area (Å²) in [5, 5.41) is 25.1. The van der Waals surface area contributed by atoms with Crippen molar-refractivity contribution in [3.8, 4) is 6.07 Å². The predicted molar refractivity (Wildman–Crippen MR) is 145 cm³/mol. The van der Waals surface area contributed by atoms with E-state index in [4.69, 9.17) is 14.9 Å². The molecule has 0 saturated carbocycles. The maximum Gasteiger partial charge on any atom is 0.355 e. The molecule has 2 aliphatic heterocycles. The van der Waals surface area contributed by atoms with Gasteiger partial charge in [0.05, 0.1) is 36.3 Å². The Bertz CT molecular complexity index is 1420. The molecule has 0 saturated heterocycles. The molecule has 2 aromatic rings. The zero-order chi connectivity index (χ0) is 28.3. The van der Waals surface area contributed by atoms with Crippen LogP contribution in [0.1, 0.15) is 33.3 Å². The number of hydrazone groups is 1. The van der Waals surface area contributed by atoms with Crippen LogP contribution in [0, 0.1) is 28.1 Å². The second-order valence-electron chi connectivity index (χ2n) is 8.91. The molecule has 2 unspecified atom stereocenters. The van der Waals surface area contributed by atoms with Crippen LogP contribution in [0.25, 0.3) is 0 Å². The van der Waals surface area contributed by atoms with Crippen molar-refractivity contribution in [1.82, 2.24) is 0 Å². The summed E-state index contributed by atoms with van der Waals surface area (Å²) in [4.78, 5) is 42.9. The standard InChI is InChI=1S/C29H29N5O5/c1-5-19-13-15-20(16-14-19)33-24(27(36)39-7-3)23(26(35)38-6-2)29(22(17-30)25(33)31)18(4)32-34(28(29)37)21-11-9-8-10-12-21/h8-16,22,31H,5-7H2,1-4H3. The zero-order valence-electron chi connectivity index (χ0n) is 22.2. The number of carbonyl (C=O) groups is 3. The Hall–Kier alpha value is -4.78. The maximum atomic E-state index is 14.3. The number of nitrogens with zero attached hydrogens (tertiary/aromatic N) is 4. The van der Waals surface area contributed by atoms with Crippen LogP contribution in [-0.4, -0.2) is 42.6 Å². The van der Waals surface area contributed by atoms with Crippen LogP contribution >= 0.6 is 0 Å². The fourth-order valence-corrected chi connectivity index (χ4v) is 5.02. The summed E-state index contributed by atoms with van der Waals surface area (Å²) in [6, 6.07) is 17.6. The van der Waals surface area contributed by atoms with Gasteiger partial charge in [0.25, 0.3) is 5.91 Å². The van der Waals surface area contributed by atoms with Gasteiger partial charge in [-0.3, -0.25) is 15.1 Å². The van der Waals surface area contributed by atoms with Crippen molar-refractivity contribution in [2.75, 3.05) is 23.1 Å². The number of aryl methyl sites for hydroxylation is 1. The molecule has 4 rings (SSSR count). The normalized spacial score (nSPS) is 20.7. The van der Waals surface area contributed by atoms with E-state index < -0.39 is 29.2 Å². The average molecular weight is 528 g/mol. The lowest BCUT2D eigenvalue weighted by Crippen LogP contribution is -2.59. The zero-order valence-corrected chi connectivity index (χ0v) is 22.2. The highest BCUT2D eigenvalue weighted by Gasteiger charge is 2.66. The smallest absolute Gasteiger partial charge is 0.355 e. The highest BCUT2D eigenvalue weighted by molar-refractivity contribution is 6.31. The number of nitrogens with one attached hydrogen (secondary N) is 1. The molecule has 2 heterocycles. The molecule has 10 heteroatoms. The van der Waals surface area contributed by atoms with E-state index in [1.165, 1.54) is 11.8 Å². The summed E-state index contributed by atoms with van der Waals surface area (Å²) in [6.45, 7) is 6.61. The largest absolute Gasteiger partial charge is 0.463 e. The van der Waals surface area contributed by atoms with Crippen molar-refractivity contribution < 1.29 is 23.9 Å². The molecule has 0 aliphatic carbocycles. The molecular formula is C29H29N5O5. The summed E-state index contributed by atoms with van der Waals surface area (Å²) in [5.74, 6) is -4.52. The van der Waals surface area contributed by atoms with E-state index >= 15 is 0 Å². The van der Waals surface area contributed by atoms with Gasteiger partial charge >= 0.3 is 11.9 Å². The molecule has 2 aromatic carbocycles. The molecule has 1 amide bonds. The number of anilines is 2. The van der Waals surface area contributed by atoms with Crippen molar-refractivity contribution in [2.45, 2.75) is 34.1 Å². The molecule has 2 aliphatic rings. The molecule has 0 fully saturated rings. The van der Waals surface area contributed by atoms with E-state index in [-0.39, 0.29) is 36.0 Å². The minimum atomic E-state index is -2.09. The monoisotopic (exact) mass is 527 g/mol. The third kappa shape index (κ3) is 4.26. The summed E-state index contributed by atoms with van der Waals surface area (Å²) in [5.41, 5.74) is -0.967. The second kappa shape index (κ2) is 10.9. The quantitative estimate of drug-likeness (QED) is 0.538. The van der Waals surface area contributed by atoms with E-state index in [9.17, 15) is 19.6 Å².